The van der Waals surface area contributed by atoms with Crippen molar-refractivity contribution in [3.8, 4) is 0 Å². The lowest BCUT2D eigenvalue weighted by molar-refractivity contribution is -0.145. The molecule has 11 nitrogen and oxygen atoms in total. The standard InChI is InChI=1S/C31H39N5O6/c1-19(2)14-25(31(41)42)34-28(38)26(18-37)35-29(39)27(16-21-17-33-23-11-7-6-10-22(21)23)36-13-12-32-24(30(36)40)15-20-8-4-3-5-9-20/h3-11,17,19,24-27,32-33,37H,12-16,18H2,1-2H3,(H,34,38)(H,35,39)(H,41,42). The number of nitrogens with one attached hydrogen (secondary N) is 4. The number of carboxylic acid groups (broad SMARTS) is 1. The average Bonchev–Trinajstić information content (AvgIpc) is 3.38. The Morgan fingerprint density at radius 3 is 2.38 bits per heavy atom. The minimum absolute atomic E-state index is 0.00308. The quantitative estimate of drug-likeness (QED) is 0.178. The van der Waals surface area contributed by atoms with Crippen LogP contribution in [0.2, 0.25) is 0 Å². The number of hydrogen-bond acceptors (Lipinski definition) is 6. The van der Waals surface area contributed by atoms with Crippen molar-refractivity contribution in [3.05, 3.63) is 71.9 Å². The largest absolute Gasteiger partial charge is 0.480 e. The Bertz CT molecular complexity index is 1390. The second-order valence-electron chi connectivity index (χ2n) is 11.1. The number of fused-ring (bicyclic) bond motifs is 1. The van der Waals surface area contributed by atoms with Gasteiger partial charge in [0.15, 0.2) is 0 Å². The van der Waals surface area contributed by atoms with Crippen molar-refractivity contribution < 1.29 is 29.4 Å². The molecule has 0 saturated carbocycles. The van der Waals surface area contributed by atoms with Crippen LogP contribution in [0.4, 0.5) is 0 Å². The smallest absolute Gasteiger partial charge is 0.326 e. The molecule has 0 radical (unpaired) electrons. The van der Waals surface area contributed by atoms with Crippen molar-refractivity contribution in [1.29, 1.82) is 0 Å². The van der Waals surface area contributed by atoms with Crippen LogP contribution in [0.5, 0.6) is 0 Å². The number of aromatic nitrogens is 1. The summed E-state index contributed by atoms with van der Waals surface area (Å²) in [4.78, 5) is 57.0. The van der Waals surface area contributed by atoms with Gasteiger partial charge in [0, 0.05) is 36.6 Å². The van der Waals surface area contributed by atoms with Crippen molar-refractivity contribution in [2.75, 3.05) is 19.7 Å². The number of hydrogen-bond donors (Lipinski definition) is 6. The lowest BCUT2D eigenvalue weighted by Gasteiger charge is -2.38. The minimum atomic E-state index is -1.39. The molecule has 4 atom stereocenters. The molecule has 42 heavy (non-hydrogen) atoms. The highest BCUT2D eigenvalue weighted by Crippen LogP contribution is 2.22. The number of aliphatic carboxylic acids is 1. The van der Waals surface area contributed by atoms with Crippen LogP contribution in [0, 0.1) is 5.92 Å². The number of para-hydroxylation sites is 1. The summed E-state index contributed by atoms with van der Waals surface area (Å²) in [6, 6.07) is 13.2. The number of nitrogens with zero attached hydrogens (tertiary/aromatic N) is 1. The number of carbonyl (C=O) groups is 4. The maximum atomic E-state index is 13.8. The van der Waals surface area contributed by atoms with Crippen molar-refractivity contribution in [2.45, 2.75) is 57.3 Å². The number of aliphatic hydroxyl groups excluding tert-OH is 1. The SMILES string of the molecule is CC(C)CC(NC(=O)C(CO)NC(=O)C(Cc1c[nH]c2ccccc12)N1CCNC(Cc2ccccc2)C1=O)C(=O)O. The molecule has 0 aliphatic carbocycles. The lowest BCUT2D eigenvalue weighted by Crippen LogP contribution is -2.63. The van der Waals surface area contributed by atoms with Crippen molar-refractivity contribution >= 4 is 34.6 Å². The van der Waals surface area contributed by atoms with Crippen molar-refractivity contribution in [3.63, 3.8) is 0 Å². The van der Waals surface area contributed by atoms with E-state index in [1.807, 2.05) is 68.4 Å². The number of piperazine rings is 1. The molecule has 0 bridgehead atoms. The normalized spacial score (nSPS) is 17.6. The van der Waals surface area contributed by atoms with E-state index in [9.17, 15) is 29.4 Å². The first-order valence-corrected chi connectivity index (χ1v) is 14.2. The summed E-state index contributed by atoms with van der Waals surface area (Å²) in [5.41, 5.74) is 2.69. The molecule has 3 amide bonds. The van der Waals surface area contributed by atoms with E-state index >= 15 is 0 Å². The molecule has 1 aliphatic heterocycles. The first-order valence-electron chi connectivity index (χ1n) is 14.2. The Balaban J connectivity index is 1.57. The highest BCUT2D eigenvalue weighted by atomic mass is 16.4. The number of benzene rings is 2. The Hall–Kier alpha value is -4.22. The Morgan fingerprint density at radius 2 is 1.69 bits per heavy atom. The van der Waals surface area contributed by atoms with Gasteiger partial charge in [0.05, 0.1) is 12.6 Å². The molecule has 6 N–H and O–H groups in total. The molecule has 4 unspecified atom stereocenters. The van der Waals surface area contributed by atoms with Gasteiger partial charge in [-0.15, -0.1) is 0 Å². The highest BCUT2D eigenvalue weighted by molar-refractivity contribution is 5.95. The first-order chi connectivity index (χ1) is 20.2. The molecular weight excluding hydrogens is 538 g/mol. The monoisotopic (exact) mass is 577 g/mol. The summed E-state index contributed by atoms with van der Waals surface area (Å²) in [5, 5.41) is 28.7. The molecular formula is C31H39N5O6. The first kappa shape index (κ1) is 30.7. The fraction of sp³-hybridized carbons (Fsp3) is 0.419. The summed E-state index contributed by atoms with van der Waals surface area (Å²) in [6.07, 6.45) is 2.61. The van der Waals surface area contributed by atoms with E-state index in [0.717, 1.165) is 22.0 Å². The number of carboxylic acids is 1. The van der Waals surface area contributed by atoms with Gasteiger partial charge in [-0.2, -0.15) is 0 Å². The van der Waals surface area contributed by atoms with Gasteiger partial charge >= 0.3 is 5.97 Å². The number of aromatic amines is 1. The van der Waals surface area contributed by atoms with Crippen LogP contribution < -0.4 is 16.0 Å². The average molecular weight is 578 g/mol. The number of H-pyrrole nitrogens is 1. The molecule has 1 fully saturated rings. The van der Waals surface area contributed by atoms with Crippen molar-refractivity contribution in [2.24, 2.45) is 5.92 Å². The van der Waals surface area contributed by atoms with Gasteiger partial charge in [-0.25, -0.2) is 4.79 Å². The van der Waals surface area contributed by atoms with E-state index in [0.29, 0.717) is 13.0 Å². The third-order valence-corrected chi connectivity index (χ3v) is 7.51. The molecule has 4 rings (SSSR count). The van der Waals surface area contributed by atoms with E-state index in [-0.39, 0.29) is 31.2 Å². The second-order valence-corrected chi connectivity index (χ2v) is 11.1. The second kappa shape index (κ2) is 14.1. The van der Waals surface area contributed by atoms with Crippen molar-refractivity contribution in [1.82, 2.24) is 25.8 Å². The number of rotatable bonds is 13. The van der Waals surface area contributed by atoms with Gasteiger partial charge in [0.25, 0.3) is 0 Å². The lowest BCUT2D eigenvalue weighted by atomic mass is 9.98. The van der Waals surface area contributed by atoms with E-state index in [1.165, 1.54) is 4.90 Å². The summed E-state index contributed by atoms with van der Waals surface area (Å²) in [7, 11) is 0. The van der Waals surface area contributed by atoms with E-state index < -0.39 is 48.6 Å². The fourth-order valence-corrected chi connectivity index (χ4v) is 5.36. The van der Waals surface area contributed by atoms with E-state index in [2.05, 4.69) is 20.9 Å². The van der Waals surface area contributed by atoms with Gasteiger partial charge in [0.1, 0.15) is 18.1 Å². The predicted octanol–water partition coefficient (Wildman–Crippen LogP) is 1.21. The Morgan fingerprint density at radius 1 is 1.00 bits per heavy atom. The van der Waals surface area contributed by atoms with Crippen LogP contribution >= 0.6 is 0 Å². The Kier molecular flexibility index (Phi) is 10.3. The van der Waals surface area contributed by atoms with Gasteiger partial charge in [-0.05, 0) is 36.0 Å². The van der Waals surface area contributed by atoms with Crippen LogP contribution in [-0.4, -0.2) is 87.7 Å². The molecule has 3 aromatic rings. The molecule has 1 aliphatic rings. The third-order valence-electron chi connectivity index (χ3n) is 7.51. The maximum absolute atomic E-state index is 13.8. The number of carbonyl (C=O) groups excluding carboxylic acids is 3. The van der Waals surface area contributed by atoms with Crippen LogP contribution in [0.25, 0.3) is 10.9 Å². The zero-order valence-corrected chi connectivity index (χ0v) is 23.9. The van der Waals surface area contributed by atoms with Crippen LogP contribution in [0.1, 0.15) is 31.4 Å². The molecule has 2 heterocycles. The summed E-state index contributed by atoms with van der Waals surface area (Å²) < 4.78 is 0. The maximum Gasteiger partial charge on any atom is 0.326 e. The summed E-state index contributed by atoms with van der Waals surface area (Å²) in [6.45, 7) is 3.67. The number of aliphatic hydroxyl groups is 1. The van der Waals surface area contributed by atoms with Gasteiger partial charge < -0.3 is 36.0 Å². The zero-order chi connectivity index (χ0) is 30.2. The molecule has 2 aromatic carbocycles. The molecule has 224 valence electrons. The highest BCUT2D eigenvalue weighted by Gasteiger charge is 2.38. The fourth-order valence-electron chi connectivity index (χ4n) is 5.36. The van der Waals surface area contributed by atoms with E-state index in [1.54, 1.807) is 6.20 Å². The van der Waals surface area contributed by atoms with Crippen LogP contribution in [0.3, 0.4) is 0 Å². The number of amides is 3. The summed E-state index contributed by atoms with van der Waals surface area (Å²) in [5.74, 6) is -2.86. The molecule has 1 aromatic heterocycles. The van der Waals surface area contributed by atoms with Crippen LogP contribution in [-0.2, 0) is 32.0 Å². The third kappa shape index (κ3) is 7.54. The Labute approximate surface area is 244 Å². The van der Waals surface area contributed by atoms with Gasteiger partial charge in [-0.1, -0.05) is 62.4 Å². The molecule has 11 heteroatoms. The van der Waals surface area contributed by atoms with Gasteiger partial charge in [0.2, 0.25) is 17.7 Å². The zero-order valence-electron chi connectivity index (χ0n) is 23.9. The van der Waals surface area contributed by atoms with E-state index in [4.69, 9.17) is 0 Å². The molecule has 0 spiro atoms. The topological polar surface area (TPSA) is 164 Å². The molecule has 1 saturated heterocycles. The van der Waals surface area contributed by atoms with Crippen LogP contribution in [0.15, 0.2) is 60.8 Å². The minimum Gasteiger partial charge on any atom is -0.480 e. The summed E-state index contributed by atoms with van der Waals surface area (Å²) >= 11 is 0. The predicted molar refractivity (Wildman–Crippen MR) is 157 cm³/mol. The van der Waals surface area contributed by atoms with Gasteiger partial charge in [-0.3, -0.25) is 14.4 Å².